The van der Waals surface area contributed by atoms with E-state index in [4.69, 9.17) is 16.3 Å². The van der Waals surface area contributed by atoms with Crippen molar-refractivity contribution in [1.82, 2.24) is 9.97 Å². The van der Waals surface area contributed by atoms with Crippen molar-refractivity contribution >= 4 is 11.6 Å². The fraction of sp³-hybridized carbons (Fsp3) is 0.167. The summed E-state index contributed by atoms with van der Waals surface area (Å²) in [6, 6.07) is 7.75. The summed E-state index contributed by atoms with van der Waals surface area (Å²) >= 11 is 5.71. The molecule has 2 rings (SSSR count). The minimum absolute atomic E-state index is 0.273. The van der Waals surface area contributed by atoms with Crippen LogP contribution in [0.2, 0.25) is 5.28 Å². The van der Waals surface area contributed by atoms with E-state index in [1.54, 1.807) is 13.3 Å². The first kappa shape index (κ1) is 10.9. The molecule has 0 aliphatic heterocycles. The fourth-order valence-corrected chi connectivity index (χ4v) is 1.67. The third-order valence-corrected chi connectivity index (χ3v) is 2.53. The predicted octanol–water partition coefficient (Wildman–Crippen LogP) is 3.11. The smallest absolute Gasteiger partial charge is 0.222 e. The van der Waals surface area contributed by atoms with E-state index >= 15 is 0 Å². The highest BCUT2D eigenvalue weighted by Crippen LogP contribution is 2.24. The molecule has 0 aliphatic rings. The molecule has 0 radical (unpaired) electrons. The number of hydrogen-bond acceptors (Lipinski definition) is 3. The van der Waals surface area contributed by atoms with Gasteiger partial charge < -0.3 is 4.74 Å². The summed E-state index contributed by atoms with van der Waals surface area (Å²) in [5, 5.41) is 0.273. The molecular weight excluding hydrogens is 224 g/mol. The highest BCUT2D eigenvalue weighted by Gasteiger charge is 2.04. The lowest BCUT2D eigenvalue weighted by Crippen LogP contribution is -1.91. The zero-order chi connectivity index (χ0) is 11.5. The van der Waals surface area contributed by atoms with Crippen LogP contribution < -0.4 is 4.74 Å². The minimum Gasteiger partial charge on any atom is -0.497 e. The van der Waals surface area contributed by atoms with Crippen molar-refractivity contribution in [3.8, 4) is 16.9 Å². The third-order valence-electron chi connectivity index (χ3n) is 2.35. The van der Waals surface area contributed by atoms with Gasteiger partial charge in [-0.2, -0.15) is 0 Å². The second-order valence-electron chi connectivity index (χ2n) is 3.37. The Kier molecular flexibility index (Phi) is 3.06. The minimum atomic E-state index is 0.273. The summed E-state index contributed by atoms with van der Waals surface area (Å²) in [6.07, 6.45) is 1.73. The SMILES string of the molecule is COc1ccc(-c2cnc(Cl)nc2C)cc1. The van der Waals surface area contributed by atoms with Gasteiger partial charge in [0.2, 0.25) is 5.28 Å². The average molecular weight is 235 g/mol. The van der Waals surface area contributed by atoms with E-state index < -0.39 is 0 Å². The first-order valence-corrected chi connectivity index (χ1v) is 5.22. The predicted molar refractivity (Wildman–Crippen MR) is 63.8 cm³/mol. The number of hydrogen-bond donors (Lipinski definition) is 0. The summed E-state index contributed by atoms with van der Waals surface area (Å²) in [7, 11) is 1.64. The molecule has 0 N–H and O–H groups in total. The van der Waals surface area contributed by atoms with Gasteiger partial charge in [-0.15, -0.1) is 0 Å². The van der Waals surface area contributed by atoms with Gasteiger partial charge >= 0.3 is 0 Å². The molecule has 1 aromatic carbocycles. The summed E-state index contributed by atoms with van der Waals surface area (Å²) in [4.78, 5) is 8.10. The molecule has 0 unspecified atom stereocenters. The van der Waals surface area contributed by atoms with E-state index in [1.807, 2.05) is 31.2 Å². The highest BCUT2D eigenvalue weighted by atomic mass is 35.5. The molecule has 3 nitrogen and oxygen atoms in total. The van der Waals surface area contributed by atoms with Gasteiger partial charge in [0.1, 0.15) is 5.75 Å². The molecular formula is C12H11ClN2O. The molecule has 0 saturated heterocycles. The maximum absolute atomic E-state index is 5.71. The van der Waals surface area contributed by atoms with E-state index in [9.17, 15) is 0 Å². The number of ether oxygens (including phenoxy) is 1. The lowest BCUT2D eigenvalue weighted by atomic mass is 10.1. The first-order chi connectivity index (χ1) is 7.70. The molecule has 0 bridgehead atoms. The zero-order valence-corrected chi connectivity index (χ0v) is 9.82. The van der Waals surface area contributed by atoms with Gasteiger partial charge in [0, 0.05) is 11.8 Å². The third kappa shape index (κ3) is 2.14. The molecule has 2 aromatic rings. The van der Waals surface area contributed by atoms with Crippen LogP contribution in [0.15, 0.2) is 30.5 Å². The van der Waals surface area contributed by atoms with E-state index in [-0.39, 0.29) is 5.28 Å². The van der Waals surface area contributed by atoms with Crippen molar-refractivity contribution in [2.45, 2.75) is 6.92 Å². The Morgan fingerprint density at radius 1 is 1.19 bits per heavy atom. The number of aryl methyl sites for hydroxylation is 1. The number of benzene rings is 1. The Bertz CT molecular complexity index is 497. The monoisotopic (exact) mass is 234 g/mol. The number of halogens is 1. The molecule has 16 heavy (non-hydrogen) atoms. The lowest BCUT2D eigenvalue weighted by molar-refractivity contribution is 0.415. The zero-order valence-electron chi connectivity index (χ0n) is 9.07. The average Bonchev–Trinajstić information content (AvgIpc) is 2.29. The number of aromatic nitrogens is 2. The molecule has 0 atom stereocenters. The van der Waals surface area contributed by atoms with Crippen molar-refractivity contribution in [1.29, 1.82) is 0 Å². The standard InChI is InChI=1S/C12H11ClN2O/c1-8-11(7-14-12(13)15-8)9-3-5-10(16-2)6-4-9/h3-7H,1-2H3. The molecule has 82 valence electrons. The Balaban J connectivity index is 2.42. The van der Waals surface area contributed by atoms with Crippen LogP contribution in [0.1, 0.15) is 5.69 Å². The molecule has 0 fully saturated rings. The molecule has 0 aliphatic carbocycles. The van der Waals surface area contributed by atoms with E-state index in [2.05, 4.69) is 9.97 Å². The molecule has 0 spiro atoms. The summed E-state index contributed by atoms with van der Waals surface area (Å²) < 4.78 is 5.10. The van der Waals surface area contributed by atoms with Crippen LogP contribution in [-0.4, -0.2) is 17.1 Å². The van der Waals surface area contributed by atoms with Crippen molar-refractivity contribution in [3.05, 3.63) is 41.4 Å². The van der Waals surface area contributed by atoms with Crippen LogP contribution >= 0.6 is 11.6 Å². The van der Waals surface area contributed by atoms with Crippen LogP contribution in [0.5, 0.6) is 5.75 Å². The highest BCUT2D eigenvalue weighted by molar-refractivity contribution is 6.28. The van der Waals surface area contributed by atoms with Crippen LogP contribution in [0.4, 0.5) is 0 Å². The normalized spacial score (nSPS) is 10.2. The molecule has 1 heterocycles. The van der Waals surface area contributed by atoms with Crippen LogP contribution in [-0.2, 0) is 0 Å². The first-order valence-electron chi connectivity index (χ1n) is 4.84. The van der Waals surface area contributed by atoms with Crippen LogP contribution in [0.25, 0.3) is 11.1 Å². The maximum atomic E-state index is 5.71. The van der Waals surface area contributed by atoms with Gasteiger partial charge in [-0.1, -0.05) is 12.1 Å². The number of rotatable bonds is 2. The largest absolute Gasteiger partial charge is 0.497 e. The summed E-state index contributed by atoms with van der Waals surface area (Å²) in [5.74, 6) is 0.830. The molecule has 0 saturated carbocycles. The lowest BCUT2D eigenvalue weighted by Gasteiger charge is -2.05. The van der Waals surface area contributed by atoms with Crippen molar-refractivity contribution < 1.29 is 4.74 Å². The Labute approximate surface area is 99.1 Å². The second-order valence-corrected chi connectivity index (χ2v) is 3.70. The molecule has 0 amide bonds. The van der Waals surface area contributed by atoms with E-state index in [0.717, 1.165) is 22.6 Å². The summed E-state index contributed by atoms with van der Waals surface area (Å²) in [5.41, 5.74) is 2.90. The molecule has 1 aromatic heterocycles. The fourth-order valence-electron chi connectivity index (χ4n) is 1.49. The Morgan fingerprint density at radius 3 is 2.44 bits per heavy atom. The van der Waals surface area contributed by atoms with Gasteiger partial charge in [0.25, 0.3) is 0 Å². The van der Waals surface area contributed by atoms with Crippen LogP contribution in [0, 0.1) is 6.92 Å². The van der Waals surface area contributed by atoms with Gasteiger partial charge in [0.15, 0.2) is 0 Å². The van der Waals surface area contributed by atoms with Crippen molar-refractivity contribution in [2.24, 2.45) is 0 Å². The Morgan fingerprint density at radius 2 is 1.88 bits per heavy atom. The van der Waals surface area contributed by atoms with E-state index in [1.165, 1.54) is 0 Å². The number of nitrogens with zero attached hydrogens (tertiary/aromatic N) is 2. The van der Waals surface area contributed by atoms with E-state index in [0.29, 0.717) is 0 Å². The van der Waals surface area contributed by atoms with Gasteiger partial charge in [-0.3, -0.25) is 0 Å². The second kappa shape index (κ2) is 4.49. The molecule has 4 heteroatoms. The van der Waals surface area contributed by atoms with Gasteiger partial charge in [0.05, 0.1) is 12.8 Å². The number of methoxy groups -OCH3 is 1. The topological polar surface area (TPSA) is 35.0 Å². The maximum Gasteiger partial charge on any atom is 0.222 e. The Hall–Kier alpha value is -1.61. The quantitative estimate of drug-likeness (QED) is 0.749. The summed E-state index contributed by atoms with van der Waals surface area (Å²) in [6.45, 7) is 1.91. The van der Waals surface area contributed by atoms with Crippen molar-refractivity contribution in [3.63, 3.8) is 0 Å². The van der Waals surface area contributed by atoms with Gasteiger partial charge in [-0.25, -0.2) is 9.97 Å². The van der Waals surface area contributed by atoms with Crippen LogP contribution in [0.3, 0.4) is 0 Å². The van der Waals surface area contributed by atoms with Gasteiger partial charge in [-0.05, 0) is 36.2 Å². The van der Waals surface area contributed by atoms with Crippen molar-refractivity contribution in [2.75, 3.05) is 7.11 Å².